The Balaban J connectivity index is 0.000000810. The van der Waals surface area contributed by atoms with E-state index in [0.717, 1.165) is 6.26 Å². The largest absolute Gasteiger partial charge is 0.494 e. The van der Waals surface area contributed by atoms with E-state index < -0.39 is 34.4 Å². The Morgan fingerprint density at radius 2 is 1.37 bits per heavy atom. The van der Waals surface area contributed by atoms with E-state index in [4.69, 9.17) is 9.47 Å². The highest BCUT2D eigenvalue weighted by molar-refractivity contribution is 7.86. The summed E-state index contributed by atoms with van der Waals surface area (Å²) in [4.78, 5) is 13.0. The monoisotopic (exact) mass is 746 g/mol. The number of nitrogens with one attached hydrogen (secondary N) is 1. The quantitative estimate of drug-likeness (QED) is 0.0986. The summed E-state index contributed by atoms with van der Waals surface area (Å²) in [6.07, 6.45) is 2.55. The van der Waals surface area contributed by atoms with Gasteiger partial charge in [-0.05, 0) is 123 Å². The highest BCUT2D eigenvalue weighted by Crippen LogP contribution is 2.37. The molecule has 1 fully saturated rings. The van der Waals surface area contributed by atoms with Crippen LogP contribution < -0.4 is 14.8 Å². The van der Waals surface area contributed by atoms with Gasteiger partial charge in [-0.3, -0.25) is 18.3 Å². The molecule has 51 heavy (non-hydrogen) atoms. The third-order valence-electron chi connectivity index (χ3n) is 6.37. The van der Waals surface area contributed by atoms with Crippen LogP contribution >= 0.6 is 0 Å². The molecule has 292 valence electrons. The predicted molar refractivity (Wildman–Crippen MR) is 199 cm³/mol. The molecule has 1 saturated heterocycles. The fourth-order valence-corrected chi connectivity index (χ4v) is 4.75. The van der Waals surface area contributed by atoms with E-state index in [2.05, 4.69) is 41.7 Å². The zero-order valence-corrected chi connectivity index (χ0v) is 33.1. The number of halogens is 3. The van der Waals surface area contributed by atoms with Crippen molar-refractivity contribution in [3.05, 3.63) is 72.3 Å². The van der Waals surface area contributed by atoms with Crippen LogP contribution in [0.3, 0.4) is 0 Å². The molecule has 0 bridgehead atoms. The fourth-order valence-electron chi connectivity index (χ4n) is 3.84. The van der Waals surface area contributed by atoms with E-state index in [1.54, 1.807) is 20.8 Å². The van der Waals surface area contributed by atoms with Crippen molar-refractivity contribution in [2.24, 2.45) is 0 Å². The molecule has 9 nitrogen and oxygen atoms in total. The second-order valence-electron chi connectivity index (χ2n) is 14.9. The number of carbonyl (C=O) groups is 1. The van der Waals surface area contributed by atoms with E-state index in [1.807, 2.05) is 27.7 Å². The van der Waals surface area contributed by atoms with Crippen LogP contribution in [-0.2, 0) is 25.0 Å². The molecule has 1 atom stereocenters. The van der Waals surface area contributed by atoms with Crippen molar-refractivity contribution < 1.29 is 45.1 Å². The summed E-state index contributed by atoms with van der Waals surface area (Å²) in [7, 11) is -3.28. The van der Waals surface area contributed by atoms with Crippen molar-refractivity contribution in [2.45, 2.75) is 111 Å². The number of aliphatic hydroxyl groups excluding tert-OH is 1. The number of amides is 1. The normalized spacial score (nSPS) is 13.9. The third kappa shape index (κ3) is 23.9. The molecule has 1 amide bonds. The molecule has 2 aromatic carbocycles. The predicted octanol–water partition coefficient (Wildman–Crippen LogP) is 7.66. The number of hydrogen-bond donors (Lipinski definition) is 2. The molecule has 0 saturated carbocycles. The number of ether oxygens (including phenoxy) is 2. The molecule has 0 aliphatic carbocycles. The smallest absolute Gasteiger partial charge is 0.298 e. The molecule has 13 heteroatoms. The van der Waals surface area contributed by atoms with Crippen LogP contribution in [0.2, 0.25) is 0 Å². The zero-order valence-electron chi connectivity index (χ0n) is 32.3. The number of rotatable bonds is 12. The van der Waals surface area contributed by atoms with Crippen molar-refractivity contribution in [1.82, 2.24) is 10.2 Å². The van der Waals surface area contributed by atoms with Gasteiger partial charge in [-0.25, -0.2) is 0 Å². The Kier molecular flexibility index (Phi) is 20.1. The van der Waals surface area contributed by atoms with Gasteiger partial charge in [0, 0.05) is 41.7 Å². The van der Waals surface area contributed by atoms with E-state index in [-0.39, 0.29) is 42.2 Å². The molecule has 0 spiro atoms. The minimum atomic E-state index is -3.28. The number of carbonyl (C=O) groups excluding carboxylic acids is 1. The van der Waals surface area contributed by atoms with Gasteiger partial charge in [0.1, 0.15) is 18.1 Å². The van der Waals surface area contributed by atoms with Crippen LogP contribution in [0, 0.1) is 0 Å². The SMILES string of the molecule is C=CC(=O)NC(C)(C)C.CC(C)(C)N1CC1.CC(C)(C)OS(C)(=O)=O.CCC(O)COc1ccc(C(F)(F)c2ccc(OCCCF)cc2)cc1. The lowest BCUT2D eigenvalue weighted by Gasteiger charge is -2.18. The molecule has 3 rings (SSSR count). The first kappa shape index (κ1) is 47.9. The first-order chi connectivity index (χ1) is 23.2. The van der Waals surface area contributed by atoms with Crippen molar-refractivity contribution in [2.75, 3.05) is 39.2 Å². The van der Waals surface area contributed by atoms with Gasteiger partial charge in [0.2, 0.25) is 5.91 Å². The van der Waals surface area contributed by atoms with Gasteiger partial charge in [0.25, 0.3) is 16.0 Å². The standard InChI is InChI=1S/C20H23F3O3.C7H13NO.C6H13N.C5H12O3S/c1-2-17(24)14-26-19-10-6-16(7-11-19)20(22,23)15-4-8-18(9-5-15)25-13-3-12-21;1-5-6(9)8-7(2,3)4;1-6(2,3)7-4-5-7;1-5(2,3)8-9(4,6)7/h4-11,17,24H,2-3,12-14H2,1H3;5H,1H2,2-4H3,(H,8,9);4-5H2,1-3H3;1-4H3. The van der Waals surface area contributed by atoms with Crippen molar-refractivity contribution in [1.29, 1.82) is 0 Å². The first-order valence-electron chi connectivity index (χ1n) is 16.9. The minimum Gasteiger partial charge on any atom is -0.494 e. The van der Waals surface area contributed by atoms with E-state index in [9.17, 15) is 31.5 Å². The van der Waals surface area contributed by atoms with Gasteiger partial charge in [-0.1, -0.05) is 13.5 Å². The van der Waals surface area contributed by atoms with Gasteiger partial charge in [-0.2, -0.15) is 17.2 Å². The fraction of sp³-hybridized carbons (Fsp3) is 0.605. The van der Waals surface area contributed by atoms with E-state index >= 15 is 0 Å². The van der Waals surface area contributed by atoms with E-state index in [1.165, 1.54) is 67.7 Å². The summed E-state index contributed by atoms with van der Waals surface area (Å²) in [5.41, 5.74) is -0.629. The molecule has 0 aromatic heterocycles. The lowest BCUT2D eigenvalue weighted by atomic mass is 10.0. The van der Waals surface area contributed by atoms with Crippen LogP contribution in [0.25, 0.3) is 0 Å². The highest BCUT2D eigenvalue weighted by Gasteiger charge is 2.34. The summed E-state index contributed by atoms with van der Waals surface area (Å²) in [6.45, 7) is 25.2. The summed E-state index contributed by atoms with van der Waals surface area (Å²) in [5.74, 6) is -2.44. The number of aliphatic hydroxyl groups is 1. The number of nitrogens with zero attached hydrogens (tertiary/aromatic N) is 1. The Morgan fingerprint density at radius 3 is 1.63 bits per heavy atom. The topological polar surface area (TPSA) is 114 Å². The van der Waals surface area contributed by atoms with Crippen LogP contribution in [0.4, 0.5) is 13.2 Å². The van der Waals surface area contributed by atoms with Gasteiger partial charge in [0.15, 0.2) is 0 Å². The zero-order chi connectivity index (χ0) is 39.7. The van der Waals surface area contributed by atoms with Gasteiger partial charge >= 0.3 is 0 Å². The lowest BCUT2D eigenvalue weighted by molar-refractivity contribution is -0.117. The van der Waals surface area contributed by atoms with Crippen LogP contribution in [0.5, 0.6) is 11.5 Å². The molecule has 1 heterocycles. The number of hydrogen-bond acceptors (Lipinski definition) is 8. The second-order valence-corrected chi connectivity index (χ2v) is 16.5. The minimum absolute atomic E-state index is 0.121. The molecule has 1 unspecified atom stereocenters. The molecular weight excluding hydrogens is 685 g/mol. The molecule has 0 radical (unpaired) electrons. The van der Waals surface area contributed by atoms with Crippen LogP contribution in [-0.4, -0.2) is 86.3 Å². The van der Waals surface area contributed by atoms with Crippen LogP contribution in [0.1, 0.15) is 93.2 Å². The number of alkyl halides is 3. The Morgan fingerprint density at radius 1 is 0.922 bits per heavy atom. The summed E-state index contributed by atoms with van der Waals surface area (Å²) < 4.78 is 77.4. The maximum absolute atomic E-state index is 14.7. The lowest BCUT2D eigenvalue weighted by Crippen LogP contribution is -2.39. The van der Waals surface area contributed by atoms with Crippen molar-refractivity contribution in [3.8, 4) is 11.5 Å². The Labute approximate surface area is 304 Å². The molecular formula is C38H61F3N2O7S. The summed E-state index contributed by atoms with van der Waals surface area (Å²) in [6, 6.07) is 11.0. The molecule has 1 aliphatic rings. The second kappa shape index (κ2) is 21.4. The van der Waals surface area contributed by atoms with Gasteiger partial charge < -0.3 is 19.9 Å². The van der Waals surface area contributed by atoms with Gasteiger partial charge in [0.05, 0.1) is 31.2 Å². The first-order valence-corrected chi connectivity index (χ1v) is 18.7. The molecule has 2 N–H and O–H groups in total. The Bertz CT molecular complexity index is 1400. The highest BCUT2D eigenvalue weighted by atomic mass is 32.2. The average Bonchev–Trinajstić information content (AvgIpc) is 3.85. The maximum Gasteiger partial charge on any atom is 0.298 e. The Hall–Kier alpha value is -3.13. The summed E-state index contributed by atoms with van der Waals surface area (Å²) in [5, 5.41) is 12.2. The average molecular weight is 747 g/mol. The van der Waals surface area contributed by atoms with Crippen molar-refractivity contribution in [3.63, 3.8) is 0 Å². The number of benzene rings is 2. The van der Waals surface area contributed by atoms with E-state index in [0.29, 0.717) is 23.5 Å². The molecule has 2 aromatic rings. The maximum atomic E-state index is 14.7. The van der Waals surface area contributed by atoms with Crippen LogP contribution in [0.15, 0.2) is 61.2 Å². The van der Waals surface area contributed by atoms with Crippen molar-refractivity contribution >= 4 is 16.0 Å². The molecule has 1 aliphatic heterocycles. The summed E-state index contributed by atoms with van der Waals surface area (Å²) >= 11 is 0. The third-order valence-corrected chi connectivity index (χ3v) is 7.18. The van der Waals surface area contributed by atoms with Gasteiger partial charge in [-0.15, -0.1) is 0 Å².